The molecule has 1 saturated heterocycles. The second kappa shape index (κ2) is 3.44. The lowest BCUT2D eigenvalue weighted by atomic mass is 10.0. The number of nitrogens with one attached hydrogen (secondary N) is 2. The average molecular weight is 142 g/mol. The minimum atomic E-state index is -0.0210. The molecule has 0 aromatic rings. The van der Waals surface area contributed by atoms with Gasteiger partial charge in [-0.1, -0.05) is 13.3 Å². The highest BCUT2D eigenvalue weighted by Gasteiger charge is 2.15. The van der Waals surface area contributed by atoms with Gasteiger partial charge < -0.3 is 10.6 Å². The van der Waals surface area contributed by atoms with Gasteiger partial charge in [-0.15, -0.1) is 0 Å². The van der Waals surface area contributed by atoms with Crippen LogP contribution in [0.15, 0.2) is 0 Å². The third-order valence-corrected chi connectivity index (χ3v) is 1.80. The molecular formula is C7H14N2O. The Bertz CT molecular complexity index is 115. The third kappa shape index (κ3) is 1.90. The van der Waals surface area contributed by atoms with E-state index < -0.39 is 0 Å². The van der Waals surface area contributed by atoms with Crippen LogP contribution in [0.4, 0.5) is 4.79 Å². The minimum absolute atomic E-state index is 0.0210. The number of carbonyl (C=O) groups is 1. The van der Waals surface area contributed by atoms with Gasteiger partial charge in [0, 0.05) is 13.1 Å². The summed E-state index contributed by atoms with van der Waals surface area (Å²) in [6.07, 6.45) is 2.40. The SMILES string of the molecule is CCCC1CNC(=O)NC1. The molecule has 0 aliphatic carbocycles. The predicted octanol–water partition coefficient (Wildman–Crippen LogP) is 0.715. The Labute approximate surface area is 61.2 Å². The van der Waals surface area contributed by atoms with Gasteiger partial charge in [-0.2, -0.15) is 0 Å². The second-order valence-corrected chi connectivity index (χ2v) is 2.75. The quantitative estimate of drug-likeness (QED) is 0.586. The van der Waals surface area contributed by atoms with Gasteiger partial charge in [-0.3, -0.25) is 0 Å². The zero-order valence-electron chi connectivity index (χ0n) is 6.31. The molecule has 0 unspecified atom stereocenters. The molecule has 1 fully saturated rings. The molecule has 2 N–H and O–H groups in total. The summed E-state index contributed by atoms with van der Waals surface area (Å²) in [6.45, 7) is 3.86. The van der Waals surface area contributed by atoms with Crippen molar-refractivity contribution in [3.05, 3.63) is 0 Å². The van der Waals surface area contributed by atoms with Crippen LogP contribution in [-0.2, 0) is 0 Å². The fourth-order valence-electron chi connectivity index (χ4n) is 1.22. The van der Waals surface area contributed by atoms with Crippen LogP contribution in [0.5, 0.6) is 0 Å². The summed E-state index contributed by atoms with van der Waals surface area (Å²) in [5, 5.41) is 5.53. The van der Waals surface area contributed by atoms with Crippen molar-refractivity contribution in [3.63, 3.8) is 0 Å². The van der Waals surface area contributed by atoms with Crippen LogP contribution < -0.4 is 10.6 Å². The fourth-order valence-corrected chi connectivity index (χ4v) is 1.22. The van der Waals surface area contributed by atoms with Gasteiger partial charge in [0.15, 0.2) is 0 Å². The molecule has 1 heterocycles. The second-order valence-electron chi connectivity index (χ2n) is 2.75. The summed E-state index contributed by atoms with van der Waals surface area (Å²) >= 11 is 0. The molecule has 2 amide bonds. The van der Waals surface area contributed by atoms with E-state index in [9.17, 15) is 4.79 Å². The molecule has 3 nitrogen and oxygen atoms in total. The summed E-state index contributed by atoms with van der Waals surface area (Å²) < 4.78 is 0. The van der Waals surface area contributed by atoms with Crippen LogP contribution in [0, 0.1) is 5.92 Å². The number of hydrogen-bond donors (Lipinski definition) is 2. The minimum Gasteiger partial charge on any atom is -0.338 e. The standard InChI is InChI=1S/C7H14N2O/c1-2-3-6-4-8-7(10)9-5-6/h6H,2-5H2,1H3,(H2,8,9,10). The Kier molecular flexibility index (Phi) is 2.54. The molecule has 10 heavy (non-hydrogen) atoms. The maximum atomic E-state index is 10.6. The monoisotopic (exact) mass is 142 g/mol. The molecule has 0 aromatic carbocycles. The molecule has 0 atom stereocenters. The first-order valence-corrected chi connectivity index (χ1v) is 3.84. The van der Waals surface area contributed by atoms with E-state index in [0.29, 0.717) is 5.92 Å². The van der Waals surface area contributed by atoms with Crippen LogP contribution >= 0.6 is 0 Å². The van der Waals surface area contributed by atoms with Crippen molar-refractivity contribution in [3.8, 4) is 0 Å². The van der Waals surface area contributed by atoms with E-state index in [1.165, 1.54) is 12.8 Å². The molecule has 1 rings (SSSR count). The number of hydrogen-bond acceptors (Lipinski definition) is 1. The maximum absolute atomic E-state index is 10.6. The van der Waals surface area contributed by atoms with Crippen LogP contribution in [0.25, 0.3) is 0 Å². The summed E-state index contributed by atoms with van der Waals surface area (Å²) in [5.74, 6) is 0.641. The van der Waals surface area contributed by atoms with E-state index >= 15 is 0 Å². The van der Waals surface area contributed by atoms with Crippen molar-refractivity contribution in [2.75, 3.05) is 13.1 Å². The van der Waals surface area contributed by atoms with Crippen molar-refractivity contribution < 1.29 is 4.79 Å². The molecule has 1 aliphatic rings. The molecule has 0 spiro atoms. The Hall–Kier alpha value is -0.730. The highest BCUT2D eigenvalue weighted by molar-refractivity contribution is 5.74. The Morgan fingerprint density at radius 1 is 1.50 bits per heavy atom. The molecule has 58 valence electrons. The van der Waals surface area contributed by atoms with Crippen molar-refractivity contribution in [2.45, 2.75) is 19.8 Å². The van der Waals surface area contributed by atoms with Crippen LogP contribution in [0.2, 0.25) is 0 Å². The van der Waals surface area contributed by atoms with Crippen LogP contribution in [-0.4, -0.2) is 19.1 Å². The largest absolute Gasteiger partial charge is 0.338 e. The van der Waals surface area contributed by atoms with Gasteiger partial charge >= 0.3 is 6.03 Å². The Balaban J connectivity index is 2.19. The van der Waals surface area contributed by atoms with Gasteiger partial charge in [0.25, 0.3) is 0 Å². The van der Waals surface area contributed by atoms with Gasteiger partial charge in [0.1, 0.15) is 0 Å². The lowest BCUT2D eigenvalue weighted by molar-refractivity contribution is 0.227. The summed E-state index contributed by atoms with van der Waals surface area (Å²) in [6, 6.07) is -0.0210. The van der Waals surface area contributed by atoms with Crippen molar-refractivity contribution in [1.82, 2.24) is 10.6 Å². The maximum Gasteiger partial charge on any atom is 0.314 e. The Morgan fingerprint density at radius 3 is 2.60 bits per heavy atom. The summed E-state index contributed by atoms with van der Waals surface area (Å²) in [5.41, 5.74) is 0. The van der Waals surface area contributed by atoms with E-state index in [1.807, 2.05) is 0 Å². The van der Waals surface area contributed by atoms with E-state index in [0.717, 1.165) is 13.1 Å². The van der Waals surface area contributed by atoms with Gasteiger partial charge in [0.05, 0.1) is 0 Å². The topological polar surface area (TPSA) is 41.1 Å². The summed E-state index contributed by atoms with van der Waals surface area (Å²) in [7, 11) is 0. The lowest BCUT2D eigenvalue weighted by Crippen LogP contribution is -2.48. The number of amides is 2. The average Bonchev–Trinajstić information content (AvgIpc) is 1.95. The molecule has 0 saturated carbocycles. The zero-order valence-corrected chi connectivity index (χ0v) is 6.31. The van der Waals surface area contributed by atoms with Crippen LogP contribution in [0.1, 0.15) is 19.8 Å². The first-order valence-electron chi connectivity index (χ1n) is 3.84. The predicted molar refractivity (Wildman–Crippen MR) is 39.8 cm³/mol. The zero-order chi connectivity index (χ0) is 7.40. The summed E-state index contributed by atoms with van der Waals surface area (Å²) in [4.78, 5) is 10.6. The van der Waals surface area contributed by atoms with Gasteiger partial charge in [-0.05, 0) is 12.3 Å². The van der Waals surface area contributed by atoms with E-state index in [-0.39, 0.29) is 6.03 Å². The molecular weight excluding hydrogens is 128 g/mol. The first kappa shape index (κ1) is 7.38. The highest BCUT2D eigenvalue weighted by atomic mass is 16.2. The molecule has 0 bridgehead atoms. The molecule has 0 aromatic heterocycles. The smallest absolute Gasteiger partial charge is 0.314 e. The molecule has 0 radical (unpaired) electrons. The van der Waals surface area contributed by atoms with Crippen molar-refractivity contribution >= 4 is 6.03 Å². The highest BCUT2D eigenvalue weighted by Crippen LogP contribution is 2.05. The first-order chi connectivity index (χ1) is 4.83. The Morgan fingerprint density at radius 2 is 2.10 bits per heavy atom. The van der Waals surface area contributed by atoms with Crippen molar-refractivity contribution in [1.29, 1.82) is 0 Å². The van der Waals surface area contributed by atoms with Gasteiger partial charge in [0.2, 0.25) is 0 Å². The van der Waals surface area contributed by atoms with E-state index in [4.69, 9.17) is 0 Å². The number of rotatable bonds is 2. The molecule has 1 aliphatic heterocycles. The number of carbonyl (C=O) groups excluding carboxylic acids is 1. The lowest BCUT2D eigenvalue weighted by Gasteiger charge is -2.22. The van der Waals surface area contributed by atoms with Crippen molar-refractivity contribution in [2.24, 2.45) is 5.92 Å². The normalized spacial score (nSPS) is 19.9. The van der Waals surface area contributed by atoms with E-state index in [2.05, 4.69) is 17.6 Å². The third-order valence-electron chi connectivity index (χ3n) is 1.80. The van der Waals surface area contributed by atoms with Gasteiger partial charge in [-0.25, -0.2) is 4.79 Å². The molecule has 3 heteroatoms. The fraction of sp³-hybridized carbons (Fsp3) is 0.857. The number of urea groups is 1. The van der Waals surface area contributed by atoms with Crippen LogP contribution in [0.3, 0.4) is 0 Å². The van der Waals surface area contributed by atoms with E-state index in [1.54, 1.807) is 0 Å².